The maximum atomic E-state index is 2.51. The highest BCUT2D eigenvalue weighted by Crippen LogP contribution is 2.58. The van der Waals surface area contributed by atoms with Crippen LogP contribution in [0.2, 0.25) is 0 Å². The van der Waals surface area contributed by atoms with Gasteiger partial charge in [0.05, 0.1) is 11.1 Å². The van der Waals surface area contributed by atoms with Gasteiger partial charge in [-0.3, -0.25) is 0 Å². The summed E-state index contributed by atoms with van der Waals surface area (Å²) in [4.78, 5) is 2.51. The first kappa shape index (κ1) is 43.2. The van der Waals surface area contributed by atoms with E-state index in [0.717, 1.165) is 33.8 Å². The van der Waals surface area contributed by atoms with Crippen LogP contribution in [0.4, 0.5) is 17.1 Å². The van der Waals surface area contributed by atoms with Crippen LogP contribution in [0.15, 0.2) is 297 Å². The van der Waals surface area contributed by atoms with E-state index in [9.17, 15) is 0 Å². The fourth-order valence-corrected chi connectivity index (χ4v) is 12.4. The molecule has 346 valence electrons. The molecule has 0 N–H and O–H groups in total. The molecule has 0 fully saturated rings. The van der Waals surface area contributed by atoms with E-state index in [-0.39, 0.29) is 0 Å². The van der Waals surface area contributed by atoms with Crippen LogP contribution in [0, 0.1) is 0 Å². The largest absolute Gasteiger partial charge is 0.310 e. The van der Waals surface area contributed by atoms with Gasteiger partial charge in [0.2, 0.25) is 0 Å². The summed E-state index contributed by atoms with van der Waals surface area (Å²) in [5, 5.41) is 7.40. The summed E-state index contributed by atoms with van der Waals surface area (Å²) in [5.74, 6) is 0. The number of nitrogens with zero attached hydrogens (tertiary/aromatic N) is 1. The van der Waals surface area contributed by atoms with Crippen molar-refractivity contribution in [1.29, 1.82) is 0 Å². The fourth-order valence-electron chi connectivity index (χ4n) is 12.4. The van der Waals surface area contributed by atoms with Crippen molar-refractivity contribution in [1.82, 2.24) is 0 Å². The molecule has 0 unspecified atom stereocenters. The Hall–Kier alpha value is -9.56. The van der Waals surface area contributed by atoms with Gasteiger partial charge >= 0.3 is 0 Å². The molecule has 14 rings (SSSR count). The van der Waals surface area contributed by atoms with Crippen molar-refractivity contribution >= 4 is 49.4 Å². The first-order valence-electron chi connectivity index (χ1n) is 25.7. The molecule has 0 saturated heterocycles. The molecule has 0 bridgehead atoms. The maximum Gasteiger partial charge on any atom is 0.0714 e. The summed E-state index contributed by atoms with van der Waals surface area (Å²) in [6.45, 7) is 0. The Morgan fingerprint density at radius 2 is 0.730 bits per heavy atom. The summed E-state index contributed by atoms with van der Waals surface area (Å²) >= 11 is 0. The highest BCUT2D eigenvalue weighted by atomic mass is 15.1. The minimum atomic E-state index is -0.564. The molecule has 1 aliphatic carbocycles. The minimum absolute atomic E-state index is 0.564. The lowest BCUT2D eigenvalue weighted by Crippen LogP contribution is -2.28. The monoisotopic (exact) mass is 939 g/mol. The normalized spacial score (nSPS) is 12.4. The molecule has 13 aromatic rings. The first-order chi connectivity index (χ1) is 36.7. The Morgan fingerprint density at radius 1 is 0.243 bits per heavy atom. The smallest absolute Gasteiger partial charge is 0.0714 e. The number of hydrogen-bond donors (Lipinski definition) is 0. The highest BCUT2D eigenvalue weighted by molar-refractivity contribution is 6.22. The van der Waals surface area contributed by atoms with E-state index < -0.39 is 5.41 Å². The van der Waals surface area contributed by atoms with Crippen molar-refractivity contribution in [2.75, 3.05) is 4.90 Å². The van der Waals surface area contributed by atoms with E-state index in [1.165, 1.54) is 93.5 Å². The molecule has 0 aliphatic heterocycles. The zero-order valence-electron chi connectivity index (χ0n) is 40.7. The van der Waals surface area contributed by atoms with Crippen LogP contribution in [0.25, 0.3) is 88.0 Å². The molecule has 1 aliphatic rings. The van der Waals surface area contributed by atoms with E-state index in [4.69, 9.17) is 0 Å². The lowest BCUT2D eigenvalue weighted by atomic mass is 9.67. The van der Waals surface area contributed by atoms with Gasteiger partial charge in [0.15, 0.2) is 0 Å². The van der Waals surface area contributed by atoms with Gasteiger partial charge in [-0.25, -0.2) is 0 Å². The van der Waals surface area contributed by atoms with Crippen LogP contribution in [0.3, 0.4) is 0 Å². The van der Waals surface area contributed by atoms with E-state index >= 15 is 0 Å². The van der Waals surface area contributed by atoms with Crippen LogP contribution in [0.1, 0.15) is 22.3 Å². The molecule has 0 aromatic heterocycles. The van der Waals surface area contributed by atoms with Crippen LogP contribution >= 0.6 is 0 Å². The predicted octanol–water partition coefficient (Wildman–Crippen LogP) is 19.6. The number of benzene rings is 13. The Balaban J connectivity index is 1.04. The third-order valence-electron chi connectivity index (χ3n) is 15.5. The molecule has 0 spiro atoms. The van der Waals surface area contributed by atoms with E-state index in [0.29, 0.717) is 0 Å². The average Bonchev–Trinajstić information content (AvgIpc) is 3.79. The summed E-state index contributed by atoms with van der Waals surface area (Å²) in [6, 6.07) is 110. The zero-order chi connectivity index (χ0) is 49.0. The molecular weight excluding hydrogens is 891 g/mol. The number of anilines is 3. The highest BCUT2D eigenvalue weighted by Gasteiger charge is 2.46. The van der Waals surface area contributed by atoms with Gasteiger partial charge in [0.25, 0.3) is 0 Å². The minimum Gasteiger partial charge on any atom is -0.310 e. The van der Waals surface area contributed by atoms with Gasteiger partial charge in [0, 0.05) is 16.9 Å². The van der Waals surface area contributed by atoms with Crippen LogP contribution < -0.4 is 4.90 Å². The third kappa shape index (κ3) is 6.93. The zero-order valence-corrected chi connectivity index (χ0v) is 40.7. The quantitative estimate of drug-likeness (QED) is 0.130. The second kappa shape index (κ2) is 17.9. The first-order valence-corrected chi connectivity index (χ1v) is 25.7. The van der Waals surface area contributed by atoms with E-state index in [1.807, 2.05) is 0 Å². The van der Waals surface area contributed by atoms with Crippen molar-refractivity contribution in [3.63, 3.8) is 0 Å². The maximum absolute atomic E-state index is 2.51. The third-order valence-corrected chi connectivity index (χ3v) is 15.5. The van der Waals surface area contributed by atoms with Crippen molar-refractivity contribution in [3.8, 4) is 55.6 Å². The lowest BCUT2D eigenvalue weighted by Gasteiger charge is -2.35. The van der Waals surface area contributed by atoms with E-state index in [1.54, 1.807) is 0 Å². The molecule has 13 aromatic carbocycles. The second-order valence-corrected chi connectivity index (χ2v) is 19.5. The fraction of sp³-hybridized carbons (Fsp3) is 0.0137. The second-order valence-electron chi connectivity index (χ2n) is 19.5. The predicted molar refractivity (Wildman–Crippen MR) is 313 cm³/mol. The standard InChI is InChI=1S/C73H49N/c1-5-24-51(25-6-1)71-66-39-16-15-37-62(66)63-45-43-54(48-67(63)72(71)52-26-7-2-8-27-52)61-36-18-20-42-70(61)74(57-34-21-29-53(47-57)60-40-22-28-50-23-13-14-35-59(50)60)58-44-46-65-64-38-17-19-41-68(64)73(69(65)49-58,55-30-9-3-10-31-55)56-32-11-4-12-33-56/h1-49H. The van der Waals surface area contributed by atoms with Crippen molar-refractivity contribution in [2.24, 2.45) is 0 Å². The van der Waals surface area contributed by atoms with Gasteiger partial charge in [-0.1, -0.05) is 261 Å². The lowest BCUT2D eigenvalue weighted by molar-refractivity contribution is 0.768. The number of fused-ring (bicyclic) bond motifs is 7. The number of hydrogen-bond acceptors (Lipinski definition) is 1. The van der Waals surface area contributed by atoms with Crippen LogP contribution in [-0.2, 0) is 5.41 Å². The van der Waals surface area contributed by atoms with Gasteiger partial charge in [-0.2, -0.15) is 0 Å². The Labute approximate surface area is 432 Å². The van der Waals surface area contributed by atoms with Crippen molar-refractivity contribution in [2.45, 2.75) is 5.41 Å². The molecule has 0 atom stereocenters. The van der Waals surface area contributed by atoms with Gasteiger partial charge in [-0.05, 0) is 141 Å². The topological polar surface area (TPSA) is 3.24 Å². The summed E-state index contributed by atoms with van der Waals surface area (Å²) < 4.78 is 0. The molecule has 0 radical (unpaired) electrons. The molecular formula is C73H49N. The number of rotatable bonds is 9. The SMILES string of the molecule is c1ccc(-c2c(-c3ccccc3)c3cc(-c4ccccc4N(c4cccc(-c5cccc6ccccc56)c4)c4ccc5c(c4)C(c4ccccc4)(c4ccccc4)c4ccccc4-5)ccc3c3ccccc23)cc1. The molecule has 0 amide bonds. The summed E-state index contributed by atoms with van der Waals surface area (Å²) in [5.41, 5.74) is 19.8. The summed E-state index contributed by atoms with van der Waals surface area (Å²) in [6.07, 6.45) is 0. The van der Waals surface area contributed by atoms with Gasteiger partial charge < -0.3 is 4.90 Å². The Bertz CT molecular complexity index is 4190. The van der Waals surface area contributed by atoms with Crippen molar-refractivity contribution in [3.05, 3.63) is 320 Å². The molecule has 0 heterocycles. The Morgan fingerprint density at radius 3 is 1.46 bits per heavy atom. The van der Waals surface area contributed by atoms with E-state index in [2.05, 4.69) is 302 Å². The van der Waals surface area contributed by atoms with Gasteiger partial charge in [0.1, 0.15) is 0 Å². The molecule has 1 heteroatoms. The van der Waals surface area contributed by atoms with Gasteiger partial charge in [-0.15, -0.1) is 0 Å². The molecule has 1 nitrogen and oxygen atoms in total. The van der Waals surface area contributed by atoms with Crippen LogP contribution in [-0.4, -0.2) is 0 Å². The van der Waals surface area contributed by atoms with Crippen molar-refractivity contribution < 1.29 is 0 Å². The molecule has 0 saturated carbocycles. The van der Waals surface area contributed by atoms with Crippen LogP contribution in [0.5, 0.6) is 0 Å². The summed E-state index contributed by atoms with van der Waals surface area (Å²) in [7, 11) is 0. The number of para-hydroxylation sites is 1. The Kier molecular flexibility index (Phi) is 10.5. The average molecular weight is 940 g/mol. The molecule has 74 heavy (non-hydrogen) atoms.